The van der Waals surface area contributed by atoms with Gasteiger partial charge in [0.05, 0.1) is 11.1 Å². The van der Waals surface area contributed by atoms with Gasteiger partial charge >= 0.3 is 11.8 Å². The lowest BCUT2D eigenvalue weighted by Crippen LogP contribution is -2.35. The van der Waals surface area contributed by atoms with Crippen LogP contribution in [0, 0.1) is 11.6 Å². The Morgan fingerprint density at radius 1 is 0.750 bits per heavy atom. The topological polar surface area (TPSA) is 29.5 Å². The van der Waals surface area contributed by atoms with Gasteiger partial charge < -0.3 is 9.84 Å². The first kappa shape index (κ1) is 26.0. The SMILES string of the molecule is CC(C)c1cc(O[C@@H](C)C(F)(F)c2cccc(C(C)C)c2F)cc(C(F)(F)[C@H](C)O)c1F. The van der Waals surface area contributed by atoms with E-state index in [9.17, 15) is 22.7 Å². The van der Waals surface area contributed by atoms with Gasteiger partial charge in [0.15, 0.2) is 6.10 Å². The summed E-state index contributed by atoms with van der Waals surface area (Å²) in [4.78, 5) is 0. The van der Waals surface area contributed by atoms with Crippen LogP contribution in [0.25, 0.3) is 0 Å². The number of ether oxygens (including phenoxy) is 1. The molecule has 0 saturated carbocycles. The van der Waals surface area contributed by atoms with Gasteiger partial charge in [-0.15, -0.1) is 0 Å². The number of rotatable bonds is 8. The van der Waals surface area contributed by atoms with E-state index in [1.807, 2.05) is 0 Å². The largest absolute Gasteiger partial charge is 0.484 e. The third kappa shape index (κ3) is 4.90. The van der Waals surface area contributed by atoms with Crippen molar-refractivity contribution < 1.29 is 36.2 Å². The minimum absolute atomic E-state index is 0.108. The van der Waals surface area contributed by atoms with Crippen LogP contribution in [0.1, 0.15) is 75.6 Å². The maximum Gasteiger partial charge on any atom is 0.311 e. The number of aliphatic hydroxyl groups excluding tert-OH is 1. The van der Waals surface area contributed by atoms with Crippen molar-refractivity contribution in [2.45, 2.75) is 77.4 Å². The van der Waals surface area contributed by atoms with Crippen molar-refractivity contribution in [2.24, 2.45) is 0 Å². The molecular formula is C24H28F6O2. The molecule has 0 aliphatic heterocycles. The highest BCUT2D eigenvalue weighted by Crippen LogP contribution is 2.41. The second-order valence-electron chi connectivity index (χ2n) is 8.57. The first-order valence-corrected chi connectivity index (χ1v) is 10.3. The summed E-state index contributed by atoms with van der Waals surface area (Å²) in [7, 11) is 0. The molecule has 0 spiro atoms. The first-order valence-electron chi connectivity index (χ1n) is 10.3. The average molecular weight is 462 g/mol. The summed E-state index contributed by atoms with van der Waals surface area (Å²) in [6.07, 6.45) is -4.18. The van der Waals surface area contributed by atoms with Gasteiger partial charge in [-0.05, 0) is 55.0 Å². The van der Waals surface area contributed by atoms with Gasteiger partial charge in [-0.25, -0.2) is 8.78 Å². The average Bonchev–Trinajstić information content (AvgIpc) is 2.68. The minimum Gasteiger partial charge on any atom is -0.484 e. The predicted octanol–water partition coefficient (Wildman–Crippen LogP) is 7.24. The van der Waals surface area contributed by atoms with E-state index in [0.29, 0.717) is 6.07 Å². The Morgan fingerprint density at radius 3 is 1.78 bits per heavy atom. The summed E-state index contributed by atoms with van der Waals surface area (Å²) in [6, 6.07) is 5.32. The van der Waals surface area contributed by atoms with Crippen LogP contribution in [0.2, 0.25) is 0 Å². The van der Waals surface area contributed by atoms with Crippen LogP contribution in [0.15, 0.2) is 30.3 Å². The van der Waals surface area contributed by atoms with Crippen molar-refractivity contribution in [1.82, 2.24) is 0 Å². The van der Waals surface area contributed by atoms with E-state index in [2.05, 4.69) is 0 Å². The molecule has 0 aliphatic carbocycles. The number of hydrogen-bond donors (Lipinski definition) is 1. The zero-order chi connectivity index (χ0) is 24.6. The molecule has 0 saturated heterocycles. The second kappa shape index (κ2) is 9.33. The molecule has 2 aromatic carbocycles. The molecule has 0 fully saturated rings. The van der Waals surface area contributed by atoms with Crippen molar-refractivity contribution >= 4 is 0 Å². The molecule has 0 heterocycles. The number of alkyl halides is 4. The molecule has 2 aromatic rings. The minimum atomic E-state index is -3.98. The Balaban J connectivity index is 2.52. The van der Waals surface area contributed by atoms with Gasteiger partial charge in [0.1, 0.15) is 23.5 Å². The van der Waals surface area contributed by atoms with Gasteiger partial charge in [-0.2, -0.15) is 17.6 Å². The molecule has 2 nitrogen and oxygen atoms in total. The van der Waals surface area contributed by atoms with Crippen molar-refractivity contribution in [3.05, 3.63) is 64.2 Å². The summed E-state index contributed by atoms with van der Waals surface area (Å²) in [5.74, 6) is -11.4. The van der Waals surface area contributed by atoms with Crippen LogP contribution in [0.3, 0.4) is 0 Å². The Labute approximate surface area is 184 Å². The van der Waals surface area contributed by atoms with Crippen LogP contribution in [-0.2, 0) is 11.8 Å². The van der Waals surface area contributed by atoms with Crippen molar-refractivity contribution in [1.29, 1.82) is 0 Å². The van der Waals surface area contributed by atoms with E-state index in [4.69, 9.17) is 4.74 Å². The first-order chi connectivity index (χ1) is 14.6. The lowest BCUT2D eigenvalue weighted by atomic mass is 9.94. The van der Waals surface area contributed by atoms with E-state index < -0.39 is 58.5 Å². The van der Waals surface area contributed by atoms with Crippen molar-refractivity contribution in [3.8, 4) is 5.75 Å². The highest BCUT2D eigenvalue weighted by atomic mass is 19.3. The third-order valence-electron chi connectivity index (χ3n) is 5.41. The van der Waals surface area contributed by atoms with Crippen LogP contribution in [0.4, 0.5) is 26.3 Å². The molecule has 8 heteroatoms. The maximum absolute atomic E-state index is 15.1. The van der Waals surface area contributed by atoms with Gasteiger partial charge in [-0.1, -0.05) is 39.8 Å². The Kier molecular flexibility index (Phi) is 7.59. The van der Waals surface area contributed by atoms with Crippen LogP contribution in [0.5, 0.6) is 5.75 Å². The fourth-order valence-corrected chi connectivity index (χ4v) is 3.33. The Hall–Kier alpha value is -2.22. The fraction of sp³-hybridized carbons (Fsp3) is 0.500. The van der Waals surface area contributed by atoms with E-state index in [1.165, 1.54) is 26.0 Å². The van der Waals surface area contributed by atoms with Crippen molar-refractivity contribution in [2.75, 3.05) is 0 Å². The lowest BCUT2D eigenvalue weighted by molar-refractivity contribution is -0.109. The Bertz CT molecular complexity index is 954. The summed E-state index contributed by atoms with van der Waals surface area (Å²) >= 11 is 0. The van der Waals surface area contributed by atoms with Crippen LogP contribution < -0.4 is 4.74 Å². The quantitative estimate of drug-likeness (QED) is 0.419. The number of hydrogen-bond acceptors (Lipinski definition) is 2. The van der Waals surface area contributed by atoms with Crippen LogP contribution >= 0.6 is 0 Å². The number of benzene rings is 2. The number of aliphatic hydroxyl groups is 1. The summed E-state index contributed by atoms with van der Waals surface area (Å²) < 4.78 is 93.8. The molecule has 0 aliphatic rings. The smallest absolute Gasteiger partial charge is 0.311 e. The van der Waals surface area contributed by atoms with E-state index in [0.717, 1.165) is 26.0 Å². The van der Waals surface area contributed by atoms with Crippen LogP contribution in [-0.4, -0.2) is 17.3 Å². The molecule has 0 amide bonds. The molecular weight excluding hydrogens is 434 g/mol. The van der Waals surface area contributed by atoms with Crippen molar-refractivity contribution in [3.63, 3.8) is 0 Å². The zero-order valence-electron chi connectivity index (χ0n) is 18.8. The van der Waals surface area contributed by atoms with E-state index >= 15 is 8.78 Å². The standard InChI is InChI=1S/C24H28F6O2/c1-12(2)17-8-7-9-19(21(17)25)24(29,30)15(6)32-16-10-18(13(3)4)22(26)20(11-16)23(27,28)14(5)31/h7-15,31H,1-6H3/t14-,15-/m0/s1. The molecule has 1 N–H and O–H groups in total. The Morgan fingerprint density at radius 2 is 1.28 bits per heavy atom. The molecule has 0 bridgehead atoms. The third-order valence-corrected chi connectivity index (χ3v) is 5.41. The molecule has 178 valence electrons. The maximum atomic E-state index is 15.1. The van der Waals surface area contributed by atoms with E-state index in [-0.39, 0.29) is 17.0 Å². The summed E-state index contributed by atoms with van der Waals surface area (Å²) in [5, 5.41) is 9.42. The summed E-state index contributed by atoms with van der Waals surface area (Å²) in [5.41, 5.74) is -2.10. The van der Waals surface area contributed by atoms with Gasteiger partial charge in [0.25, 0.3) is 0 Å². The monoisotopic (exact) mass is 462 g/mol. The molecule has 0 radical (unpaired) electrons. The lowest BCUT2D eigenvalue weighted by Gasteiger charge is -2.28. The second-order valence-corrected chi connectivity index (χ2v) is 8.57. The molecule has 2 atom stereocenters. The molecule has 0 aromatic heterocycles. The van der Waals surface area contributed by atoms with Gasteiger partial charge in [-0.3, -0.25) is 0 Å². The highest BCUT2D eigenvalue weighted by molar-refractivity contribution is 5.41. The fourth-order valence-electron chi connectivity index (χ4n) is 3.33. The van der Waals surface area contributed by atoms with Gasteiger partial charge in [0, 0.05) is 0 Å². The zero-order valence-corrected chi connectivity index (χ0v) is 18.8. The predicted molar refractivity (Wildman–Crippen MR) is 111 cm³/mol. The van der Waals surface area contributed by atoms with Gasteiger partial charge in [0.2, 0.25) is 0 Å². The molecule has 2 rings (SSSR count). The molecule has 32 heavy (non-hydrogen) atoms. The number of halogens is 6. The normalized spacial score (nSPS) is 14.7. The van der Waals surface area contributed by atoms with E-state index in [1.54, 1.807) is 13.8 Å². The highest BCUT2D eigenvalue weighted by Gasteiger charge is 2.45. The molecule has 0 unspecified atom stereocenters. The summed E-state index contributed by atoms with van der Waals surface area (Å²) in [6.45, 7) is 8.18.